The normalized spacial score (nSPS) is 13.6. The zero-order valence-electron chi connectivity index (χ0n) is 11.4. The highest BCUT2D eigenvalue weighted by molar-refractivity contribution is 6.06. The molecule has 108 valence electrons. The lowest BCUT2D eigenvalue weighted by molar-refractivity contribution is 0.0983. The molecule has 0 saturated heterocycles. The van der Waals surface area contributed by atoms with Gasteiger partial charge in [0.1, 0.15) is 17.2 Å². The standard InChI is InChI=1S/C15H13F2N3O/c1-9-18-11(14(16)17)8-12(19-9)15(21)20-7-6-10-4-2-3-5-13(10)20/h2-5,8,14H,6-7H2,1H3. The lowest BCUT2D eigenvalue weighted by atomic mass is 10.2. The van der Waals surface area contributed by atoms with Crippen molar-refractivity contribution in [1.82, 2.24) is 9.97 Å². The molecule has 2 aromatic rings. The summed E-state index contributed by atoms with van der Waals surface area (Å²) < 4.78 is 25.6. The number of halogens is 2. The number of hydrogen-bond donors (Lipinski definition) is 0. The van der Waals surface area contributed by atoms with E-state index in [1.54, 1.807) is 4.90 Å². The highest BCUT2D eigenvalue weighted by Crippen LogP contribution is 2.29. The summed E-state index contributed by atoms with van der Waals surface area (Å²) >= 11 is 0. The van der Waals surface area contributed by atoms with Gasteiger partial charge in [0, 0.05) is 12.2 Å². The SMILES string of the molecule is Cc1nc(C(=O)N2CCc3ccccc32)cc(C(F)F)n1. The van der Waals surface area contributed by atoms with Crippen LogP contribution in [-0.4, -0.2) is 22.4 Å². The highest BCUT2D eigenvalue weighted by atomic mass is 19.3. The molecule has 2 heterocycles. The van der Waals surface area contributed by atoms with Gasteiger partial charge in [-0.1, -0.05) is 18.2 Å². The van der Waals surface area contributed by atoms with E-state index in [4.69, 9.17) is 0 Å². The second-order valence-electron chi connectivity index (χ2n) is 4.86. The molecule has 1 aromatic carbocycles. The Balaban J connectivity index is 1.97. The topological polar surface area (TPSA) is 46.1 Å². The molecule has 0 aliphatic carbocycles. The summed E-state index contributed by atoms with van der Waals surface area (Å²) in [6.45, 7) is 2.03. The summed E-state index contributed by atoms with van der Waals surface area (Å²) in [5.74, 6) is -0.198. The Morgan fingerprint density at radius 2 is 2.05 bits per heavy atom. The Hall–Kier alpha value is -2.37. The van der Waals surface area contributed by atoms with E-state index in [0.29, 0.717) is 6.54 Å². The van der Waals surface area contributed by atoms with Crippen molar-refractivity contribution in [3.63, 3.8) is 0 Å². The van der Waals surface area contributed by atoms with E-state index in [9.17, 15) is 13.6 Å². The summed E-state index contributed by atoms with van der Waals surface area (Å²) in [5, 5.41) is 0. The van der Waals surface area contributed by atoms with Gasteiger partial charge in [-0.3, -0.25) is 4.79 Å². The van der Waals surface area contributed by atoms with Crippen LogP contribution in [-0.2, 0) is 6.42 Å². The number of aryl methyl sites for hydroxylation is 1. The van der Waals surface area contributed by atoms with Gasteiger partial charge in [-0.2, -0.15) is 0 Å². The fourth-order valence-corrected chi connectivity index (χ4v) is 2.50. The first kappa shape index (κ1) is 13.6. The van der Waals surface area contributed by atoms with Crippen molar-refractivity contribution < 1.29 is 13.6 Å². The second kappa shape index (κ2) is 5.20. The zero-order valence-corrected chi connectivity index (χ0v) is 11.4. The van der Waals surface area contributed by atoms with Gasteiger partial charge in [-0.25, -0.2) is 18.7 Å². The molecule has 1 amide bonds. The molecule has 0 N–H and O–H groups in total. The predicted octanol–water partition coefficient (Wildman–Crippen LogP) is 2.93. The van der Waals surface area contributed by atoms with Gasteiger partial charge in [-0.05, 0) is 31.0 Å². The molecular formula is C15H13F2N3O. The maximum Gasteiger partial charge on any atom is 0.280 e. The van der Waals surface area contributed by atoms with E-state index in [1.807, 2.05) is 24.3 Å². The number of amides is 1. The summed E-state index contributed by atoms with van der Waals surface area (Å²) in [7, 11) is 0. The fraction of sp³-hybridized carbons (Fsp3) is 0.267. The van der Waals surface area contributed by atoms with Crippen molar-refractivity contribution in [2.45, 2.75) is 19.8 Å². The molecule has 3 rings (SSSR count). The number of carbonyl (C=O) groups excluding carboxylic acids is 1. The molecule has 1 aliphatic heterocycles. The van der Waals surface area contributed by atoms with Crippen LogP contribution in [0, 0.1) is 6.92 Å². The van der Waals surface area contributed by atoms with Gasteiger partial charge in [-0.15, -0.1) is 0 Å². The molecule has 0 fully saturated rings. The van der Waals surface area contributed by atoms with Crippen molar-refractivity contribution >= 4 is 11.6 Å². The molecule has 4 nitrogen and oxygen atoms in total. The van der Waals surface area contributed by atoms with E-state index >= 15 is 0 Å². The number of carbonyl (C=O) groups is 1. The van der Waals surface area contributed by atoms with Crippen LogP contribution >= 0.6 is 0 Å². The average molecular weight is 289 g/mol. The molecule has 0 spiro atoms. The first-order valence-corrected chi connectivity index (χ1v) is 6.60. The monoisotopic (exact) mass is 289 g/mol. The van der Waals surface area contributed by atoms with E-state index in [0.717, 1.165) is 23.7 Å². The van der Waals surface area contributed by atoms with Crippen LogP contribution in [0.25, 0.3) is 0 Å². The Kier molecular flexibility index (Phi) is 3.37. The third-order valence-electron chi connectivity index (χ3n) is 3.43. The van der Waals surface area contributed by atoms with Gasteiger partial charge < -0.3 is 4.90 Å². The van der Waals surface area contributed by atoms with Gasteiger partial charge in [0.05, 0.1) is 0 Å². The molecule has 0 unspecified atom stereocenters. The van der Waals surface area contributed by atoms with Crippen molar-refractivity contribution in [3.05, 3.63) is 53.1 Å². The van der Waals surface area contributed by atoms with E-state index in [-0.39, 0.29) is 17.4 Å². The van der Waals surface area contributed by atoms with Crippen LogP contribution in [0.1, 0.15) is 34.0 Å². The third-order valence-corrected chi connectivity index (χ3v) is 3.43. The first-order chi connectivity index (χ1) is 10.1. The molecule has 21 heavy (non-hydrogen) atoms. The molecule has 0 radical (unpaired) electrons. The predicted molar refractivity (Wildman–Crippen MR) is 73.5 cm³/mol. The van der Waals surface area contributed by atoms with Crippen molar-refractivity contribution in [2.75, 3.05) is 11.4 Å². The summed E-state index contributed by atoms with van der Waals surface area (Å²) in [6, 6.07) is 8.64. The average Bonchev–Trinajstić information content (AvgIpc) is 2.89. The molecule has 6 heteroatoms. The number of nitrogens with zero attached hydrogens (tertiary/aromatic N) is 3. The van der Waals surface area contributed by atoms with Crippen LogP contribution in [0.3, 0.4) is 0 Å². The van der Waals surface area contributed by atoms with Gasteiger partial charge in [0.25, 0.3) is 12.3 Å². The molecule has 0 atom stereocenters. The van der Waals surface area contributed by atoms with Crippen LogP contribution in [0.5, 0.6) is 0 Å². The first-order valence-electron chi connectivity index (χ1n) is 6.60. The van der Waals surface area contributed by atoms with Gasteiger partial charge in [0.2, 0.25) is 0 Å². The van der Waals surface area contributed by atoms with Crippen LogP contribution in [0.15, 0.2) is 30.3 Å². The van der Waals surface area contributed by atoms with Crippen molar-refractivity contribution in [3.8, 4) is 0 Å². The Labute approximate surface area is 120 Å². The number of fused-ring (bicyclic) bond motifs is 1. The summed E-state index contributed by atoms with van der Waals surface area (Å²) in [5.41, 5.74) is 1.48. The third kappa shape index (κ3) is 2.49. The quantitative estimate of drug-likeness (QED) is 0.854. The minimum Gasteiger partial charge on any atom is -0.306 e. The maximum absolute atomic E-state index is 12.8. The van der Waals surface area contributed by atoms with E-state index in [1.165, 1.54) is 6.92 Å². The largest absolute Gasteiger partial charge is 0.306 e. The number of hydrogen-bond acceptors (Lipinski definition) is 3. The second-order valence-corrected chi connectivity index (χ2v) is 4.86. The number of anilines is 1. The van der Waals surface area contributed by atoms with Crippen molar-refractivity contribution in [1.29, 1.82) is 0 Å². The summed E-state index contributed by atoms with van der Waals surface area (Å²) in [4.78, 5) is 21.8. The fourth-order valence-electron chi connectivity index (χ4n) is 2.50. The van der Waals surface area contributed by atoms with Crippen LogP contribution in [0.4, 0.5) is 14.5 Å². The Morgan fingerprint density at radius 1 is 1.29 bits per heavy atom. The minimum atomic E-state index is -2.72. The van der Waals surface area contributed by atoms with Crippen molar-refractivity contribution in [2.24, 2.45) is 0 Å². The smallest absolute Gasteiger partial charge is 0.280 e. The number of benzene rings is 1. The number of aromatic nitrogens is 2. The highest BCUT2D eigenvalue weighted by Gasteiger charge is 2.27. The van der Waals surface area contributed by atoms with Gasteiger partial charge >= 0.3 is 0 Å². The minimum absolute atomic E-state index is 0.00880. The molecular weight excluding hydrogens is 276 g/mol. The number of alkyl halides is 2. The maximum atomic E-state index is 12.8. The van der Waals surface area contributed by atoms with Crippen LogP contribution in [0.2, 0.25) is 0 Å². The molecule has 1 aromatic heterocycles. The zero-order chi connectivity index (χ0) is 15.0. The lowest BCUT2D eigenvalue weighted by Gasteiger charge is -2.17. The number of rotatable bonds is 2. The van der Waals surface area contributed by atoms with E-state index in [2.05, 4.69) is 9.97 Å². The van der Waals surface area contributed by atoms with E-state index < -0.39 is 12.1 Å². The van der Waals surface area contributed by atoms with Gasteiger partial charge in [0.15, 0.2) is 0 Å². The summed E-state index contributed by atoms with van der Waals surface area (Å²) in [6.07, 6.45) is -1.96. The molecule has 1 aliphatic rings. The molecule has 0 saturated carbocycles. The Bertz CT molecular complexity index is 703. The van der Waals surface area contributed by atoms with Crippen LogP contribution < -0.4 is 4.90 Å². The lowest BCUT2D eigenvalue weighted by Crippen LogP contribution is -2.30. The Morgan fingerprint density at radius 3 is 2.81 bits per heavy atom. The number of para-hydroxylation sites is 1. The molecule has 0 bridgehead atoms.